The zero-order chi connectivity index (χ0) is 22.8. The Kier molecular flexibility index (Phi) is 6.76. The summed E-state index contributed by atoms with van der Waals surface area (Å²) in [6.45, 7) is 2.24. The van der Waals surface area contributed by atoms with Crippen LogP contribution < -0.4 is 5.32 Å². The maximum atomic E-state index is 12.8. The fraction of sp³-hybridized carbons (Fsp3) is 0.346. The van der Waals surface area contributed by atoms with Crippen LogP contribution in [0.5, 0.6) is 0 Å². The summed E-state index contributed by atoms with van der Waals surface area (Å²) in [5.74, 6) is 0.166. The Morgan fingerprint density at radius 1 is 1.12 bits per heavy atom. The average Bonchev–Trinajstić information content (AvgIpc) is 2.99. The van der Waals surface area contributed by atoms with E-state index in [1.807, 2.05) is 24.4 Å². The maximum absolute atomic E-state index is 12.8. The number of hydrogen-bond acceptors (Lipinski definition) is 4. The molecule has 1 atom stereocenters. The first-order valence-electron chi connectivity index (χ1n) is 11.4. The van der Waals surface area contributed by atoms with Crippen molar-refractivity contribution in [1.82, 2.24) is 20.2 Å². The molecule has 1 unspecified atom stereocenters. The van der Waals surface area contributed by atoms with Crippen LogP contribution in [0, 0.1) is 5.92 Å². The SMILES string of the molecule is O=C(NCc1cccnc1)C1CCN(C2c3ccc(Cl)cc3CCc3cc(Br)cnc32)CC1. The zero-order valence-corrected chi connectivity index (χ0v) is 20.6. The number of fused-ring (bicyclic) bond motifs is 2. The second kappa shape index (κ2) is 9.92. The fourth-order valence-corrected chi connectivity index (χ4v) is 5.61. The molecule has 1 amide bonds. The number of aromatic nitrogens is 2. The van der Waals surface area contributed by atoms with Gasteiger partial charge in [0.2, 0.25) is 5.91 Å². The van der Waals surface area contributed by atoms with Gasteiger partial charge in [-0.2, -0.15) is 0 Å². The van der Waals surface area contributed by atoms with Crippen molar-refractivity contribution in [2.75, 3.05) is 13.1 Å². The van der Waals surface area contributed by atoms with Gasteiger partial charge < -0.3 is 5.32 Å². The first-order chi connectivity index (χ1) is 16.1. The zero-order valence-electron chi connectivity index (χ0n) is 18.3. The van der Waals surface area contributed by atoms with Crippen LogP contribution in [0.3, 0.4) is 0 Å². The molecule has 1 aliphatic heterocycles. The highest BCUT2D eigenvalue weighted by atomic mass is 79.9. The number of aryl methyl sites for hydroxylation is 2. The van der Waals surface area contributed by atoms with Crippen LogP contribution in [-0.2, 0) is 24.2 Å². The van der Waals surface area contributed by atoms with Crippen molar-refractivity contribution in [3.8, 4) is 0 Å². The molecule has 2 aromatic heterocycles. The molecule has 5 rings (SSSR count). The molecule has 1 aromatic carbocycles. The molecule has 1 saturated heterocycles. The highest BCUT2D eigenvalue weighted by Crippen LogP contribution is 2.39. The number of carbonyl (C=O) groups is 1. The van der Waals surface area contributed by atoms with E-state index in [1.165, 1.54) is 16.7 Å². The minimum atomic E-state index is 0.0331. The predicted octanol–water partition coefficient (Wildman–Crippen LogP) is 5.11. The van der Waals surface area contributed by atoms with Gasteiger partial charge in [-0.1, -0.05) is 23.7 Å². The monoisotopic (exact) mass is 524 g/mol. The van der Waals surface area contributed by atoms with Crippen LogP contribution in [0.2, 0.25) is 5.02 Å². The molecule has 5 nitrogen and oxygen atoms in total. The van der Waals surface area contributed by atoms with E-state index in [-0.39, 0.29) is 17.9 Å². The molecule has 0 bridgehead atoms. The maximum Gasteiger partial charge on any atom is 0.223 e. The summed E-state index contributed by atoms with van der Waals surface area (Å²) in [6, 6.07) is 12.4. The molecule has 170 valence electrons. The number of nitrogens with one attached hydrogen (secondary N) is 1. The van der Waals surface area contributed by atoms with Gasteiger partial charge in [0, 0.05) is 40.5 Å². The second-order valence-corrected chi connectivity index (χ2v) is 10.2. The van der Waals surface area contributed by atoms with Gasteiger partial charge in [-0.25, -0.2) is 0 Å². The van der Waals surface area contributed by atoms with E-state index in [0.29, 0.717) is 6.54 Å². The van der Waals surface area contributed by atoms with Crippen molar-refractivity contribution < 1.29 is 4.79 Å². The van der Waals surface area contributed by atoms with Gasteiger partial charge in [0.1, 0.15) is 0 Å². The summed E-state index contributed by atoms with van der Waals surface area (Å²) in [6.07, 6.45) is 9.00. The van der Waals surface area contributed by atoms with Crippen LogP contribution in [-0.4, -0.2) is 33.9 Å². The number of piperidine rings is 1. The van der Waals surface area contributed by atoms with Crippen molar-refractivity contribution in [3.63, 3.8) is 0 Å². The Hall–Kier alpha value is -2.28. The van der Waals surface area contributed by atoms with Gasteiger partial charge in [0.15, 0.2) is 0 Å². The van der Waals surface area contributed by atoms with E-state index in [2.05, 4.69) is 49.3 Å². The summed E-state index contributed by atoms with van der Waals surface area (Å²) in [7, 11) is 0. The summed E-state index contributed by atoms with van der Waals surface area (Å²) < 4.78 is 1.01. The first-order valence-corrected chi connectivity index (χ1v) is 12.6. The lowest BCUT2D eigenvalue weighted by Crippen LogP contribution is -2.42. The molecule has 7 heteroatoms. The Labute approximate surface area is 207 Å². The van der Waals surface area contributed by atoms with E-state index in [4.69, 9.17) is 16.6 Å². The Balaban J connectivity index is 1.33. The van der Waals surface area contributed by atoms with E-state index >= 15 is 0 Å². The number of likely N-dealkylation sites (tertiary alicyclic amines) is 1. The number of pyridine rings is 2. The molecule has 3 heterocycles. The standard InChI is InChI=1S/C26H26BrClN4O/c27-21-12-20-4-3-19-13-22(28)5-6-23(19)25(24(20)30-16-21)32-10-7-18(8-11-32)26(33)31-15-17-2-1-9-29-14-17/h1-2,5-6,9,12-14,16,18,25H,3-4,7-8,10-11,15H2,(H,31,33). The first kappa shape index (κ1) is 22.5. The van der Waals surface area contributed by atoms with Gasteiger partial charge in [-0.3, -0.25) is 19.7 Å². The summed E-state index contributed by atoms with van der Waals surface area (Å²) >= 11 is 9.93. The summed E-state index contributed by atoms with van der Waals surface area (Å²) in [5, 5.41) is 3.86. The molecule has 1 aliphatic carbocycles. The van der Waals surface area contributed by atoms with E-state index < -0.39 is 0 Å². The minimum absolute atomic E-state index is 0.0331. The number of hydrogen-bond donors (Lipinski definition) is 1. The molecular weight excluding hydrogens is 500 g/mol. The quantitative estimate of drug-likeness (QED) is 0.514. The summed E-state index contributed by atoms with van der Waals surface area (Å²) in [4.78, 5) is 24.3. The van der Waals surface area contributed by atoms with Crippen molar-refractivity contribution in [1.29, 1.82) is 0 Å². The number of rotatable bonds is 4. The van der Waals surface area contributed by atoms with Gasteiger partial charge in [0.05, 0.1) is 11.7 Å². The van der Waals surface area contributed by atoms with Gasteiger partial charge in [-0.15, -0.1) is 0 Å². The average molecular weight is 526 g/mol. The molecule has 0 radical (unpaired) electrons. The smallest absolute Gasteiger partial charge is 0.223 e. The third-order valence-electron chi connectivity index (χ3n) is 6.75. The van der Waals surface area contributed by atoms with Crippen LogP contribution in [0.1, 0.15) is 46.8 Å². The lowest BCUT2D eigenvalue weighted by Gasteiger charge is -2.37. The third kappa shape index (κ3) is 4.98. The Morgan fingerprint density at radius 2 is 1.94 bits per heavy atom. The van der Waals surface area contributed by atoms with Crippen LogP contribution in [0.15, 0.2) is 59.5 Å². The molecule has 1 fully saturated rings. The van der Waals surface area contributed by atoms with Crippen molar-refractivity contribution in [3.05, 3.63) is 92.4 Å². The van der Waals surface area contributed by atoms with Crippen molar-refractivity contribution >= 4 is 33.4 Å². The number of nitrogens with zero attached hydrogens (tertiary/aromatic N) is 3. The van der Waals surface area contributed by atoms with Gasteiger partial charge in [0.25, 0.3) is 0 Å². The normalized spacial score (nSPS) is 18.8. The van der Waals surface area contributed by atoms with Crippen LogP contribution >= 0.6 is 27.5 Å². The topological polar surface area (TPSA) is 58.1 Å². The van der Waals surface area contributed by atoms with Crippen molar-refractivity contribution in [2.24, 2.45) is 5.92 Å². The predicted molar refractivity (Wildman–Crippen MR) is 133 cm³/mol. The molecule has 1 N–H and O–H groups in total. The van der Waals surface area contributed by atoms with E-state index in [0.717, 1.165) is 59.5 Å². The Morgan fingerprint density at radius 3 is 2.73 bits per heavy atom. The highest BCUT2D eigenvalue weighted by Gasteiger charge is 2.34. The molecular formula is C26H26BrClN4O. The molecule has 3 aromatic rings. The molecule has 0 spiro atoms. The molecule has 33 heavy (non-hydrogen) atoms. The lowest BCUT2D eigenvalue weighted by molar-refractivity contribution is -0.126. The number of carbonyl (C=O) groups excluding carboxylic acids is 1. The second-order valence-electron chi connectivity index (χ2n) is 8.83. The fourth-order valence-electron chi connectivity index (χ4n) is 5.04. The lowest BCUT2D eigenvalue weighted by atomic mass is 9.91. The molecule has 0 saturated carbocycles. The number of amides is 1. The van der Waals surface area contributed by atoms with Crippen LogP contribution in [0.25, 0.3) is 0 Å². The van der Waals surface area contributed by atoms with Gasteiger partial charge in [-0.05, 0) is 101 Å². The highest BCUT2D eigenvalue weighted by molar-refractivity contribution is 9.10. The largest absolute Gasteiger partial charge is 0.352 e. The van der Waals surface area contributed by atoms with Crippen molar-refractivity contribution in [2.45, 2.75) is 38.3 Å². The Bertz CT molecular complexity index is 1090. The molecule has 2 aliphatic rings. The van der Waals surface area contributed by atoms with Crippen LogP contribution in [0.4, 0.5) is 0 Å². The number of benzene rings is 1. The summed E-state index contributed by atoms with van der Waals surface area (Å²) in [5.41, 5.74) is 5.99. The minimum Gasteiger partial charge on any atom is -0.352 e. The van der Waals surface area contributed by atoms with Gasteiger partial charge >= 0.3 is 0 Å². The third-order valence-corrected chi connectivity index (χ3v) is 7.41. The van der Waals surface area contributed by atoms with E-state index in [1.54, 1.807) is 12.4 Å². The number of halogens is 2. The van der Waals surface area contributed by atoms with E-state index in [9.17, 15) is 4.79 Å².